The summed E-state index contributed by atoms with van der Waals surface area (Å²) in [6.45, 7) is 9.22. The van der Waals surface area contributed by atoms with Gasteiger partial charge in [-0.2, -0.15) is 0 Å². The summed E-state index contributed by atoms with van der Waals surface area (Å²) < 4.78 is 0. The van der Waals surface area contributed by atoms with Gasteiger partial charge in [-0.05, 0) is 18.4 Å². The minimum absolute atomic E-state index is 0.289. The molecule has 0 unspecified atom stereocenters. The zero-order valence-electron chi connectivity index (χ0n) is 11.4. The molecule has 0 heterocycles. The lowest BCUT2D eigenvalue weighted by Gasteiger charge is -2.36. The first kappa shape index (κ1) is 14.0. The van der Waals surface area contributed by atoms with Crippen LogP contribution in [0.15, 0.2) is 12.2 Å². The maximum Gasteiger partial charge on any atom is 0.0692 e. The summed E-state index contributed by atoms with van der Waals surface area (Å²) >= 11 is 0. The molecule has 16 heavy (non-hydrogen) atoms. The highest BCUT2D eigenvalue weighted by Crippen LogP contribution is 2.40. The summed E-state index contributed by atoms with van der Waals surface area (Å²) in [5.74, 6) is 0.885. The van der Waals surface area contributed by atoms with Gasteiger partial charge in [0.15, 0.2) is 0 Å². The van der Waals surface area contributed by atoms with Crippen molar-refractivity contribution in [3.05, 3.63) is 12.2 Å². The molecule has 0 radical (unpaired) electrons. The van der Waals surface area contributed by atoms with E-state index in [9.17, 15) is 5.11 Å². The SMILES string of the molecule is C[C@H](O)/C=C\[C@H](C1CCCCC1)[Si](C)(C)C. The van der Waals surface area contributed by atoms with Crippen LogP contribution in [0.4, 0.5) is 0 Å². The third-order valence-electron chi connectivity index (χ3n) is 3.75. The molecule has 2 atom stereocenters. The van der Waals surface area contributed by atoms with Crippen molar-refractivity contribution in [1.29, 1.82) is 0 Å². The van der Waals surface area contributed by atoms with Crippen LogP contribution in [0.5, 0.6) is 0 Å². The summed E-state index contributed by atoms with van der Waals surface area (Å²) in [5, 5.41) is 9.39. The van der Waals surface area contributed by atoms with Gasteiger partial charge in [0.05, 0.1) is 14.2 Å². The fourth-order valence-electron chi connectivity index (χ4n) is 2.93. The zero-order chi connectivity index (χ0) is 12.2. The summed E-state index contributed by atoms with van der Waals surface area (Å²) in [5.41, 5.74) is 0.752. The second-order valence-corrected chi connectivity index (χ2v) is 11.8. The first-order valence-corrected chi connectivity index (χ1v) is 10.4. The standard InChI is InChI=1S/C14H28OSi/c1-12(15)10-11-14(16(2,3)4)13-8-6-5-7-9-13/h10-15H,5-9H2,1-4H3/b11-10-/t12-,14+/m0/s1. The number of aliphatic hydroxyl groups excluding tert-OH is 1. The van der Waals surface area contributed by atoms with Crippen LogP contribution in [-0.2, 0) is 0 Å². The van der Waals surface area contributed by atoms with E-state index in [0.29, 0.717) is 0 Å². The molecule has 0 aromatic heterocycles. The smallest absolute Gasteiger partial charge is 0.0692 e. The van der Waals surface area contributed by atoms with Crippen LogP contribution < -0.4 is 0 Å². The Kier molecular flexibility index (Phi) is 5.26. The third-order valence-corrected chi connectivity index (χ3v) is 6.42. The molecule has 1 rings (SSSR count). The highest BCUT2D eigenvalue weighted by Gasteiger charge is 2.32. The highest BCUT2D eigenvalue weighted by molar-refractivity contribution is 6.78. The molecule has 1 saturated carbocycles. The van der Waals surface area contributed by atoms with E-state index in [2.05, 4.69) is 25.7 Å². The predicted octanol–water partition coefficient (Wildman–Crippen LogP) is 4.21. The number of hydrogen-bond donors (Lipinski definition) is 1. The van der Waals surface area contributed by atoms with Crippen molar-refractivity contribution in [2.24, 2.45) is 5.92 Å². The van der Waals surface area contributed by atoms with Crippen LogP contribution in [0.3, 0.4) is 0 Å². The molecule has 0 spiro atoms. The molecule has 1 aliphatic rings. The molecule has 1 nitrogen and oxygen atoms in total. The molecular weight excluding hydrogens is 212 g/mol. The number of rotatable bonds is 4. The van der Waals surface area contributed by atoms with Crippen LogP contribution in [0.25, 0.3) is 0 Å². The molecule has 0 aliphatic heterocycles. The Morgan fingerprint density at radius 2 is 1.62 bits per heavy atom. The molecule has 1 N–H and O–H groups in total. The Morgan fingerprint density at radius 3 is 2.06 bits per heavy atom. The molecule has 0 saturated heterocycles. The summed E-state index contributed by atoms with van der Waals surface area (Å²) in [6.07, 6.45) is 11.1. The predicted molar refractivity (Wildman–Crippen MR) is 74.5 cm³/mol. The van der Waals surface area contributed by atoms with E-state index in [1.807, 2.05) is 13.0 Å². The van der Waals surface area contributed by atoms with Crippen molar-refractivity contribution >= 4 is 8.07 Å². The van der Waals surface area contributed by atoms with Gasteiger partial charge in [0.25, 0.3) is 0 Å². The Balaban J connectivity index is 2.70. The highest BCUT2D eigenvalue weighted by atomic mass is 28.3. The lowest BCUT2D eigenvalue weighted by molar-refractivity contribution is 0.243. The Morgan fingerprint density at radius 1 is 1.06 bits per heavy atom. The third kappa shape index (κ3) is 4.42. The normalized spacial score (nSPS) is 23.6. The Bertz CT molecular complexity index is 221. The second kappa shape index (κ2) is 6.01. The van der Waals surface area contributed by atoms with Crippen molar-refractivity contribution < 1.29 is 5.11 Å². The van der Waals surface area contributed by atoms with Crippen LogP contribution in [-0.4, -0.2) is 19.3 Å². The topological polar surface area (TPSA) is 20.2 Å². The molecule has 1 fully saturated rings. The average molecular weight is 240 g/mol. The quantitative estimate of drug-likeness (QED) is 0.576. The van der Waals surface area contributed by atoms with Gasteiger partial charge < -0.3 is 5.11 Å². The van der Waals surface area contributed by atoms with Crippen molar-refractivity contribution in [2.75, 3.05) is 0 Å². The molecule has 0 amide bonds. The fourth-order valence-corrected chi connectivity index (χ4v) is 5.36. The van der Waals surface area contributed by atoms with Gasteiger partial charge in [-0.1, -0.05) is 63.9 Å². The van der Waals surface area contributed by atoms with E-state index in [-0.39, 0.29) is 6.10 Å². The maximum absolute atomic E-state index is 9.39. The Labute approximate surface area is 102 Å². The van der Waals surface area contributed by atoms with E-state index in [1.54, 1.807) is 0 Å². The molecule has 2 heteroatoms. The van der Waals surface area contributed by atoms with E-state index in [0.717, 1.165) is 11.5 Å². The van der Waals surface area contributed by atoms with Crippen molar-refractivity contribution in [3.63, 3.8) is 0 Å². The van der Waals surface area contributed by atoms with E-state index in [1.165, 1.54) is 32.1 Å². The van der Waals surface area contributed by atoms with Crippen LogP contribution >= 0.6 is 0 Å². The van der Waals surface area contributed by atoms with Crippen LogP contribution in [0, 0.1) is 5.92 Å². The second-order valence-electron chi connectivity index (χ2n) is 6.42. The van der Waals surface area contributed by atoms with Gasteiger partial charge >= 0.3 is 0 Å². The van der Waals surface area contributed by atoms with E-state index >= 15 is 0 Å². The van der Waals surface area contributed by atoms with E-state index < -0.39 is 8.07 Å². The molecule has 0 aromatic carbocycles. The lowest BCUT2D eigenvalue weighted by atomic mass is 9.86. The van der Waals surface area contributed by atoms with Gasteiger partial charge in [-0.25, -0.2) is 0 Å². The molecule has 0 aromatic rings. The van der Waals surface area contributed by atoms with Crippen molar-refractivity contribution in [3.8, 4) is 0 Å². The number of aliphatic hydroxyl groups is 1. The largest absolute Gasteiger partial charge is 0.389 e. The average Bonchev–Trinajstić information content (AvgIpc) is 2.17. The first-order chi connectivity index (χ1) is 7.41. The number of hydrogen-bond acceptors (Lipinski definition) is 1. The van der Waals surface area contributed by atoms with Crippen LogP contribution in [0.1, 0.15) is 39.0 Å². The Hall–Kier alpha value is -0.0831. The maximum atomic E-state index is 9.39. The molecule has 94 valence electrons. The van der Waals surface area contributed by atoms with Gasteiger partial charge in [-0.3, -0.25) is 0 Å². The summed E-state index contributed by atoms with van der Waals surface area (Å²) in [6, 6.07) is 0. The lowest BCUT2D eigenvalue weighted by Crippen LogP contribution is -2.33. The number of allylic oxidation sites excluding steroid dienone is 1. The monoisotopic (exact) mass is 240 g/mol. The summed E-state index contributed by atoms with van der Waals surface area (Å²) in [7, 11) is -1.14. The molecular formula is C14H28OSi. The van der Waals surface area contributed by atoms with Crippen molar-refractivity contribution in [2.45, 2.75) is 70.3 Å². The van der Waals surface area contributed by atoms with Gasteiger partial charge in [0.2, 0.25) is 0 Å². The van der Waals surface area contributed by atoms with Gasteiger partial charge in [0.1, 0.15) is 0 Å². The van der Waals surface area contributed by atoms with Crippen LogP contribution in [0.2, 0.25) is 25.2 Å². The van der Waals surface area contributed by atoms with Gasteiger partial charge in [-0.15, -0.1) is 0 Å². The zero-order valence-corrected chi connectivity index (χ0v) is 12.4. The first-order valence-electron chi connectivity index (χ1n) is 6.77. The van der Waals surface area contributed by atoms with Gasteiger partial charge in [0, 0.05) is 0 Å². The fraction of sp³-hybridized carbons (Fsp3) is 0.857. The molecule has 1 aliphatic carbocycles. The summed E-state index contributed by atoms with van der Waals surface area (Å²) in [4.78, 5) is 0. The minimum Gasteiger partial charge on any atom is -0.389 e. The molecule has 0 bridgehead atoms. The van der Waals surface area contributed by atoms with E-state index in [4.69, 9.17) is 0 Å². The minimum atomic E-state index is -1.14. The van der Waals surface area contributed by atoms with Crippen molar-refractivity contribution in [1.82, 2.24) is 0 Å².